The number of amides is 2. The zero-order chi connectivity index (χ0) is 14.0. The minimum atomic E-state index is -0.565. The lowest BCUT2D eigenvalue weighted by Crippen LogP contribution is -2.49. The first-order chi connectivity index (χ1) is 9.00. The fraction of sp³-hybridized carbons (Fsp3) is 0.615. The molecule has 2 N–H and O–H groups in total. The number of piperidine rings is 1. The molecular weight excluding hydrogens is 244 g/mol. The second kappa shape index (κ2) is 5.42. The first-order valence-electron chi connectivity index (χ1n) is 6.63. The summed E-state index contributed by atoms with van der Waals surface area (Å²) in [6.07, 6.45) is 4.69. The van der Waals surface area contributed by atoms with Gasteiger partial charge in [-0.25, -0.2) is 0 Å². The van der Waals surface area contributed by atoms with Crippen LogP contribution in [0.25, 0.3) is 0 Å². The molecule has 1 aromatic heterocycles. The van der Waals surface area contributed by atoms with Crippen molar-refractivity contribution in [2.75, 3.05) is 0 Å². The van der Waals surface area contributed by atoms with E-state index in [4.69, 9.17) is 5.73 Å². The average Bonchev–Trinajstić information content (AvgIpc) is 2.76. The Kier molecular flexibility index (Phi) is 3.87. The molecule has 19 heavy (non-hydrogen) atoms. The van der Waals surface area contributed by atoms with Gasteiger partial charge in [0.05, 0.1) is 0 Å². The molecule has 6 heteroatoms. The van der Waals surface area contributed by atoms with Crippen molar-refractivity contribution in [3.63, 3.8) is 0 Å². The average molecular weight is 264 g/mol. The Balaban J connectivity index is 2.12. The molecule has 2 amide bonds. The number of rotatable bonds is 3. The quantitative estimate of drug-likeness (QED) is 0.875. The van der Waals surface area contributed by atoms with Gasteiger partial charge >= 0.3 is 0 Å². The SMILES string of the molecule is CC1CCCC(C)N1C(=O)Cn1nccc1C(N)=O. The monoisotopic (exact) mass is 264 g/mol. The third kappa shape index (κ3) is 2.77. The molecule has 2 atom stereocenters. The van der Waals surface area contributed by atoms with Crippen molar-refractivity contribution < 1.29 is 9.59 Å². The molecule has 2 heterocycles. The van der Waals surface area contributed by atoms with Gasteiger partial charge in [-0.1, -0.05) is 0 Å². The number of nitrogens with zero attached hydrogens (tertiary/aromatic N) is 3. The number of aromatic nitrogens is 2. The Hall–Kier alpha value is -1.85. The van der Waals surface area contributed by atoms with Crippen LogP contribution < -0.4 is 5.73 Å². The smallest absolute Gasteiger partial charge is 0.266 e. The summed E-state index contributed by atoms with van der Waals surface area (Å²) in [5, 5.41) is 3.99. The van der Waals surface area contributed by atoms with Crippen LogP contribution in [0.1, 0.15) is 43.6 Å². The summed E-state index contributed by atoms with van der Waals surface area (Å²) in [6, 6.07) is 2.01. The molecule has 1 aliphatic rings. The molecule has 1 fully saturated rings. The van der Waals surface area contributed by atoms with Gasteiger partial charge in [0, 0.05) is 18.3 Å². The van der Waals surface area contributed by atoms with Crippen molar-refractivity contribution in [2.45, 2.75) is 51.7 Å². The van der Waals surface area contributed by atoms with Crippen molar-refractivity contribution in [3.8, 4) is 0 Å². The molecule has 104 valence electrons. The van der Waals surface area contributed by atoms with E-state index < -0.39 is 5.91 Å². The number of nitrogens with two attached hydrogens (primary N) is 1. The lowest BCUT2D eigenvalue weighted by molar-refractivity contribution is -0.138. The minimum absolute atomic E-state index is 0.00843. The second-order valence-electron chi connectivity index (χ2n) is 5.17. The van der Waals surface area contributed by atoms with E-state index in [0.717, 1.165) is 19.3 Å². The van der Waals surface area contributed by atoms with E-state index >= 15 is 0 Å². The van der Waals surface area contributed by atoms with Crippen LogP contribution in [0.4, 0.5) is 0 Å². The van der Waals surface area contributed by atoms with Gasteiger partial charge in [0.15, 0.2) is 0 Å². The van der Waals surface area contributed by atoms with Gasteiger partial charge in [-0.05, 0) is 39.2 Å². The van der Waals surface area contributed by atoms with E-state index in [1.807, 2.05) is 4.90 Å². The van der Waals surface area contributed by atoms with Gasteiger partial charge in [-0.15, -0.1) is 0 Å². The van der Waals surface area contributed by atoms with Crippen LogP contribution in [0.2, 0.25) is 0 Å². The standard InChI is InChI=1S/C13H20N4O2/c1-9-4-3-5-10(2)17(9)12(18)8-16-11(13(14)19)6-7-15-16/h6-7,9-10H,3-5,8H2,1-2H3,(H2,14,19). The third-order valence-electron chi connectivity index (χ3n) is 3.74. The lowest BCUT2D eigenvalue weighted by atomic mass is 9.97. The fourth-order valence-corrected chi connectivity index (χ4v) is 2.79. The molecule has 6 nitrogen and oxygen atoms in total. The second-order valence-corrected chi connectivity index (χ2v) is 5.17. The Bertz CT molecular complexity index is 473. The molecule has 1 aromatic rings. The van der Waals surface area contributed by atoms with Crippen LogP contribution in [0.3, 0.4) is 0 Å². The summed E-state index contributed by atoms with van der Waals surface area (Å²) in [6.45, 7) is 4.19. The van der Waals surface area contributed by atoms with Gasteiger partial charge in [0.1, 0.15) is 12.2 Å². The molecule has 0 spiro atoms. The largest absolute Gasteiger partial charge is 0.364 e. The molecule has 1 saturated heterocycles. The third-order valence-corrected chi connectivity index (χ3v) is 3.74. The van der Waals surface area contributed by atoms with E-state index in [0.29, 0.717) is 0 Å². The molecule has 0 saturated carbocycles. The first-order valence-corrected chi connectivity index (χ1v) is 6.63. The highest BCUT2D eigenvalue weighted by atomic mass is 16.2. The normalized spacial score (nSPS) is 23.4. The van der Waals surface area contributed by atoms with Crippen LogP contribution in [0.5, 0.6) is 0 Å². The molecule has 0 aromatic carbocycles. The summed E-state index contributed by atoms with van der Waals surface area (Å²) < 4.78 is 1.37. The molecule has 1 aliphatic heterocycles. The van der Waals surface area contributed by atoms with Gasteiger partial charge in [-0.3, -0.25) is 14.3 Å². The Morgan fingerprint density at radius 2 is 2.00 bits per heavy atom. The van der Waals surface area contributed by atoms with E-state index in [1.54, 1.807) is 0 Å². The summed E-state index contributed by atoms with van der Waals surface area (Å²) in [5.41, 5.74) is 5.51. The van der Waals surface area contributed by atoms with Gasteiger partial charge in [0.25, 0.3) is 5.91 Å². The topological polar surface area (TPSA) is 81.2 Å². The Morgan fingerprint density at radius 1 is 1.37 bits per heavy atom. The van der Waals surface area contributed by atoms with Crippen LogP contribution >= 0.6 is 0 Å². The number of hydrogen-bond donors (Lipinski definition) is 1. The maximum absolute atomic E-state index is 12.4. The highest BCUT2D eigenvalue weighted by Gasteiger charge is 2.29. The maximum Gasteiger partial charge on any atom is 0.266 e. The minimum Gasteiger partial charge on any atom is -0.364 e. The summed E-state index contributed by atoms with van der Waals surface area (Å²) in [5.74, 6) is -0.573. The molecule has 2 unspecified atom stereocenters. The van der Waals surface area contributed by atoms with Crippen LogP contribution in [-0.4, -0.2) is 38.6 Å². The van der Waals surface area contributed by atoms with E-state index in [9.17, 15) is 9.59 Å². The highest BCUT2D eigenvalue weighted by molar-refractivity contribution is 5.91. The van der Waals surface area contributed by atoms with Crippen molar-refractivity contribution in [3.05, 3.63) is 18.0 Å². The van der Waals surface area contributed by atoms with Crippen LogP contribution in [-0.2, 0) is 11.3 Å². The fourth-order valence-electron chi connectivity index (χ4n) is 2.79. The van der Waals surface area contributed by atoms with E-state index in [-0.39, 0.29) is 30.2 Å². The molecule has 0 bridgehead atoms. The molecule has 2 rings (SSSR count). The predicted molar refractivity (Wildman–Crippen MR) is 70.4 cm³/mol. The van der Waals surface area contributed by atoms with Gasteiger partial charge < -0.3 is 10.6 Å². The van der Waals surface area contributed by atoms with Crippen molar-refractivity contribution in [2.24, 2.45) is 5.73 Å². The van der Waals surface area contributed by atoms with E-state index in [2.05, 4.69) is 18.9 Å². The number of primary amides is 1. The lowest BCUT2D eigenvalue weighted by Gasteiger charge is -2.39. The summed E-state index contributed by atoms with van der Waals surface area (Å²) in [4.78, 5) is 25.5. The highest BCUT2D eigenvalue weighted by Crippen LogP contribution is 2.22. The molecule has 0 aliphatic carbocycles. The van der Waals surface area contributed by atoms with E-state index in [1.165, 1.54) is 16.9 Å². The Morgan fingerprint density at radius 3 is 2.58 bits per heavy atom. The van der Waals surface area contributed by atoms with Gasteiger partial charge in [0.2, 0.25) is 5.91 Å². The number of hydrogen-bond acceptors (Lipinski definition) is 3. The first kappa shape index (κ1) is 13.6. The zero-order valence-electron chi connectivity index (χ0n) is 11.4. The van der Waals surface area contributed by atoms with Crippen molar-refractivity contribution in [1.82, 2.24) is 14.7 Å². The summed E-state index contributed by atoms with van der Waals surface area (Å²) >= 11 is 0. The molecular formula is C13H20N4O2. The maximum atomic E-state index is 12.4. The number of carbonyl (C=O) groups is 2. The summed E-state index contributed by atoms with van der Waals surface area (Å²) in [7, 11) is 0. The predicted octanol–water partition coefficient (Wildman–Crippen LogP) is 0.771. The van der Waals surface area contributed by atoms with Crippen molar-refractivity contribution in [1.29, 1.82) is 0 Å². The van der Waals surface area contributed by atoms with Gasteiger partial charge in [-0.2, -0.15) is 5.10 Å². The Labute approximate surface area is 112 Å². The number of carbonyl (C=O) groups excluding carboxylic acids is 2. The van der Waals surface area contributed by atoms with Crippen LogP contribution in [0.15, 0.2) is 12.3 Å². The van der Waals surface area contributed by atoms with Crippen molar-refractivity contribution >= 4 is 11.8 Å². The number of likely N-dealkylation sites (tertiary alicyclic amines) is 1. The van der Waals surface area contributed by atoms with Crippen LogP contribution in [0, 0.1) is 0 Å². The molecule has 0 radical (unpaired) electrons. The zero-order valence-corrected chi connectivity index (χ0v) is 11.4.